The van der Waals surface area contributed by atoms with E-state index in [4.69, 9.17) is 9.47 Å². The minimum Gasteiger partial charge on any atom is -0.459 e. The first-order chi connectivity index (χ1) is 20.7. The average Bonchev–Trinajstić information content (AvgIpc) is 3.21. The summed E-state index contributed by atoms with van der Waals surface area (Å²) in [6.07, 6.45) is 4.95. The van der Waals surface area contributed by atoms with Gasteiger partial charge in [-0.1, -0.05) is 121 Å². The number of hydrogen-bond acceptors (Lipinski definition) is 4. The van der Waals surface area contributed by atoms with Crippen LogP contribution in [0.4, 0.5) is 0 Å². The van der Waals surface area contributed by atoms with Crippen LogP contribution in [0.2, 0.25) is 0 Å². The normalized spacial score (nSPS) is 21.2. The number of benzene rings is 4. The molecule has 6 rings (SSSR count). The Morgan fingerprint density at radius 3 is 1.88 bits per heavy atom. The lowest BCUT2D eigenvalue weighted by Gasteiger charge is -2.38. The van der Waals surface area contributed by atoms with E-state index < -0.39 is 0 Å². The number of carbonyl (C=O) groups is 1. The van der Waals surface area contributed by atoms with Crippen molar-refractivity contribution in [3.05, 3.63) is 144 Å². The standard InChI is InChI=1S/C38H40O3S/c39-35(24-34(32-21-11-4-12-22-32)42-23-13-20-29-14-5-1-6-15-29)41-37-36-33(28-40-36)27-38(37,25-30-16-7-2-8-17-30)26-31-18-9-3-10-19-31/h1-12,14-19,21-22,33-34,36-37H,13,20,23-28H2/t33-,34-,36?,37+/m0/s1. The summed E-state index contributed by atoms with van der Waals surface area (Å²) in [5, 5.41) is 0.0617. The molecule has 216 valence electrons. The summed E-state index contributed by atoms with van der Waals surface area (Å²) >= 11 is 1.87. The van der Waals surface area contributed by atoms with Crippen molar-refractivity contribution in [1.82, 2.24) is 0 Å². The smallest absolute Gasteiger partial charge is 0.307 e. The highest BCUT2D eigenvalue weighted by molar-refractivity contribution is 7.99. The first kappa shape index (κ1) is 28.8. The Morgan fingerprint density at radius 1 is 0.786 bits per heavy atom. The molecule has 1 aliphatic heterocycles. The van der Waals surface area contributed by atoms with Crippen molar-refractivity contribution in [2.75, 3.05) is 12.4 Å². The van der Waals surface area contributed by atoms with E-state index in [1.165, 1.54) is 22.3 Å². The van der Waals surface area contributed by atoms with Crippen LogP contribution in [0.3, 0.4) is 0 Å². The Morgan fingerprint density at radius 2 is 1.33 bits per heavy atom. The highest BCUT2D eigenvalue weighted by atomic mass is 32.2. The van der Waals surface area contributed by atoms with Gasteiger partial charge in [0.15, 0.2) is 0 Å². The summed E-state index contributed by atoms with van der Waals surface area (Å²) in [5.41, 5.74) is 4.91. The fraction of sp³-hybridized carbons (Fsp3) is 0.342. The van der Waals surface area contributed by atoms with Crippen LogP contribution in [-0.4, -0.2) is 30.5 Å². The molecule has 2 aliphatic rings. The Bertz CT molecular complexity index is 1350. The van der Waals surface area contributed by atoms with Crippen molar-refractivity contribution < 1.29 is 14.3 Å². The molecule has 0 amide bonds. The molecule has 1 aliphatic carbocycles. The van der Waals surface area contributed by atoms with Gasteiger partial charge in [-0.2, -0.15) is 11.8 Å². The molecule has 1 heterocycles. The zero-order chi connectivity index (χ0) is 28.6. The van der Waals surface area contributed by atoms with Crippen LogP contribution in [-0.2, 0) is 33.5 Å². The van der Waals surface area contributed by atoms with E-state index in [1.54, 1.807) is 0 Å². The molecule has 2 fully saturated rings. The minimum atomic E-state index is -0.260. The Hall–Kier alpha value is -3.34. The monoisotopic (exact) mass is 576 g/mol. The lowest BCUT2D eigenvalue weighted by Crippen LogP contribution is -2.48. The maximum atomic E-state index is 13.8. The molecule has 3 nitrogen and oxygen atoms in total. The Balaban J connectivity index is 1.18. The van der Waals surface area contributed by atoms with Gasteiger partial charge in [-0.15, -0.1) is 0 Å². The predicted octanol–water partition coefficient (Wildman–Crippen LogP) is 8.29. The first-order valence-corrected chi connectivity index (χ1v) is 16.3. The molecule has 1 saturated heterocycles. The van der Waals surface area contributed by atoms with Crippen LogP contribution in [0.1, 0.15) is 46.8 Å². The third-order valence-electron chi connectivity index (χ3n) is 8.89. The molecular weight excluding hydrogens is 536 g/mol. The molecule has 4 atom stereocenters. The molecule has 0 bridgehead atoms. The SMILES string of the molecule is O=C(C[C@H](SCCCc1ccccc1)c1ccccc1)O[C@@H]1C2OC[C@@H]2CC1(Cc1ccccc1)Cc1ccccc1. The number of hydrogen-bond donors (Lipinski definition) is 0. The van der Waals surface area contributed by atoms with Gasteiger partial charge in [-0.25, -0.2) is 0 Å². The van der Waals surface area contributed by atoms with Crippen LogP contribution in [0.5, 0.6) is 0 Å². The summed E-state index contributed by atoms with van der Waals surface area (Å²) in [7, 11) is 0. The van der Waals surface area contributed by atoms with Gasteiger partial charge in [0.25, 0.3) is 0 Å². The zero-order valence-electron chi connectivity index (χ0n) is 24.1. The van der Waals surface area contributed by atoms with Crippen molar-refractivity contribution >= 4 is 17.7 Å². The van der Waals surface area contributed by atoms with Gasteiger partial charge in [0.05, 0.1) is 13.0 Å². The first-order valence-electron chi connectivity index (χ1n) is 15.3. The molecular formula is C38H40O3S. The number of thioether (sulfide) groups is 1. The van der Waals surface area contributed by atoms with E-state index >= 15 is 0 Å². The van der Waals surface area contributed by atoms with E-state index in [2.05, 4.69) is 115 Å². The third kappa shape index (κ3) is 6.99. The molecule has 4 aromatic rings. The predicted molar refractivity (Wildman–Crippen MR) is 171 cm³/mol. The molecule has 1 unspecified atom stereocenters. The number of fused-ring (bicyclic) bond motifs is 1. The maximum Gasteiger partial charge on any atom is 0.307 e. The molecule has 0 aromatic heterocycles. The van der Waals surface area contributed by atoms with Gasteiger partial charge in [0, 0.05) is 16.6 Å². The summed E-state index contributed by atoms with van der Waals surface area (Å²) in [5.74, 6) is 1.31. The van der Waals surface area contributed by atoms with Crippen LogP contribution in [0.15, 0.2) is 121 Å². The molecule has 1 saturated carbocycles. The molecule has 4 aromatic carbocycles. The van der Waals surface area contributed by atoms with E-state index in [0.29, 0.717) is 12.3 Å². The van der Waals surface area contributed by atoms with E-state index in [9.17, 15) is 4.79 Å². The second-order valence-corrected chi connectivity index (χ2v) is 13.2. The number of aryl methyl sites for hydroxylation is 1. The minimum absolute atomic E-state index is 0.0184. The van der Waals surface area contributed by atoms with Crippen LogP contribution < -0.4 is 0 Å². The van der Waals surface area contributed by atoms with Crippen molar-refractivity contribution in [3.8, 4) is 0 Å². The van der Waals surface area contributed by atoms with Gasteiger partial charge >= 0.3 is 5.97 Å². The van der Waals surface area contributed by atoms with Gasteiger partial charge in [-0.05, 0) is 60.1 Å². The lowest BCUT2D eigenvalue weighted by atomic mass is 9.73. The average molecular weight is 577 g/mol. The van der Waals surface area contributed by atoms with Gasteiger partial charge in [-0.3, -0.25) is 4.79 Å². The van der Waals surface area contributed by atoms with E-state index in [0.717, 1.165) is 44.5 Å². The summed E-state index contributed by atoms with van der Waals surface area (Å²) < 4.78 is 12.7. The molecule has 4 heteroatoms. The van der Waals surface area contributed by atoms with Gasteiger partial charge in [0.1, 0.15) is 12.2 Å². The second-order valence-electron chi connectivity index (χ2n) is 11.9. The van der Waals surface area contributed by atoms with Crippen LogP contribution in [0, 0.1) is 11.3 Å². The second kappa shape index (κ2) is 13.8. The van der Waals surface area contributed by atoms with Crippen molar-refractivity contribution in [1.29, 1.82) is 0 Å². The van der Waals surface area contributed by atoms with E-state index in [1.807, 2.05) is 17.8 Å². The Kier molecular flexibility index (Phi) is 9.42. The van der Waals surface area contributed by atoms with Gasteiger partial charge < -0.3 is 9.47 Å². The summed E-state index contributed by atoms with van der Waals surface area (Å²) in [6, 6.07) is 42.4. The molecule has 0 N–H and O–H groups in total. The maximum absolute atomic E-state index is 13.8. The van der Waals surface area contributed by atoms with Crippen molar-refractivity contribution in [2.45, 2.75) is 56.0 Å². The fourth-order valence-corrected chi connectivity index (χ4v) is 8.07. The number of esters is 1. The topological polar surface area (TPSA) is 35.5 Å². The highest BCUT2D eigenvalue weighted by Gasteiger charge is 2.60. The van der Waals surface area contributed by atoms with Crippen LogP contribution >= 0.6 is 11.8 Å². The van der Waals surface area contributed by atoms with Crippen LogP contribution in [0.25, 0.3) is 0 Å². The third-order valence-corrected chi connectivity index (χ3v) is 10.3. The fourth-order valence-electron chi connectivity index (χ4n) is 6.87. The number of rotatable bonds is 13. The van der Waals surface area contributed by atoms with Gasteiger partial charge in [0.2, 0.25) is 0 Å². The number of carbonyl (C=O) groups excluding carboxylic acids is 1. The lowest BCUT2D eigenvalue weighted by molar-refractivity contribution is -0.181. The Labute approximate surface area is 254 Å². The van der Waals surface area contributed by atoms with E-state index in [-0.39, 0.29) is 28.8 Å². The molecule has 0 spiro atoms. The molecule has 0 radical (unpaired) electrons. The highest BCUT2D eigenvalue weighted by Crippen LogP contribution is 2.53. The molecule has 42 heavy (non-hydrogen) atoms. The summed E-state index contributed by atoms with van der Waals surface area (Å²) in [6.45, 7) is 0.758. The van der Waals surface area contributed by atoms with Crippen molar-refractivity contribution in [3.63, 3.8) is 0 Å². The quantitative estimate of drug-likeness (QED) is 0.119. The number of ether oxygens (including phenoxy) is 2. The van der Waals surface area contributed by atoms with Crippen molar-refractivity contribution in [2.24, 2.45) is 11.3 Å². The summed E-state index contributed by atoms with van der Waals surface area (Å²) in [4.78, 5) is 13.8. The largest absolute Gasteiger partial charge is 0.459 e. The zero-order valence-corrected chi connectivity index (χ0v) is 25.0.